The summed E-state index contributed by atoms with van der Waals surface area (Å²) in [7, 11) is 0. The molecule has 0 radical (unpaired) electrons. The maximum absolute atomic E-state index is 11.7. The number of nitrogens with one attached hydrogen (secondary N) is 2. The lowest BCUT2D eigenvalue weighted by atomic mass is 10.0. The molecule has 1 unspecified atom stereocenters. The second-order valence-electron chi connectivity index (χ2n) is 4.84. The third kappa shape index (κ3) is 5.89. The summed E-state index contributed by atoms with van der Waals surface area (Å²) in [6.07, 6.45) is 0.785. The summed E-state index contributed by atoms with van der Waals surface area (Å²) in [5, 5.41) is 4.88. The van der Waals surface area contributed by atoms with Gasteiger partial charge >= 0.3 is 6.03 Å². The van der Waals surface area contributed by atoms with Gasteiger partial charge in [-0.15, -0.1) is 12.4 Å². The van der Waals surface area contributed by atoms with Crippen LogP contribution in [0.5, 0.6) is 0 Å². The van der Waals surface area contributed by atoms with Crippen LogP contribution in [0, 0.1) is 5.92 Å². The highest BCUT2D eigenvalue weighted by Crippen LogP contribution is 2.04. The van der Waals surface area contributed by atoms with E-state index in [0.29, 0.717) is 12.5 Å². The quantitative estimate of drug-likeness (QED) is 0.571. The number of hydrogen-bond acceptors (Lipinski definition) is 4. The van der Waals surface area contributed by atoms with Crippen LogP contribution in [-0.2, 0) is 9.59 Å². The Bertz CT molecular complexity index is 349. The molecule has 1 fully saturated rings. The number of rotatable bonds is 6. The lowest BCUT2D eigenvalue weighted by Gasteiger charge is -2.20. The molecule has 4 N–H and O–H groups in total. The van der Waals surface area contributed by atoms with Crippen LogP contribution in [0.1, 0.15) is 20.3 Å². The standard InChI is InChI=1S/C11H20N4O3.ClH/c1-7(2)3-8(4-12)13-9(16)5-15-6-10(17)14-11(15)18;/h7-8H,3-6,12H2,1-2H3,(H,13,16)(H,14,17,18);1H. The zero-order valence-electron chi connectivity index (χ0n) is 11.1. The molecule has 4 amide bonds. The summed E-state index contributed by atoms with van der Waals surface area (Å²) in [5.41, 5.74) is 5.57. The van der Waals surface area contributed by atoms with Crippen molar-refractivity contribution in [2.75, 3.05) is 19.6 Å². The molecular formula is C11H21ClN4O3. The van der Waals surface area contributed by atoms with Gasteiger partial charge in [-0.2, -0.15) is 0 Å². The van der Waals surface area contributed by atoms with Crippen molar-refractivity contribution in [1.82, 2.24) is 15.5 Å². The van der Waals surface area contributed by atoms with Gasteiger partial charge in [0.05, 0.1) is 0 Å². The van der Waals surface area contributed by atoms with Gasteiger partial charge in [0.2, 0.25) is 11.8 Å². The van der Waals surface area contributed by atoms with Gasteiger partial charge in [0.1, 0.15) is 13.1 Å². The molecule has 19 heavy (non-hydrogen) atoms. The monoisotopic (exact) mass is 292 g/mol. The number of carbonyl (C=O) groups excluding carboxylic acids is 3. The second kappa shape index (κ2) is 7.96. The van der Waals surface area contributed by atoms with Crippen LogP contribution < -0.4 is 16.4 Å². The number of carbonyl (C=O) groups is 3. The SMILES string of the molecule is CC(C)CC(CN)NC(=O)CN1CC(=O)NC1=O.Cl. The first-order chi connectivity index (χ1) is 8.42. The smallest absolute Gasteiger partial charge is 0.325 e. The summed E-state index contributed by atoms with van der Waals surface area (Å²) in [6.45, 7) is 4.26. The van der Waals surface area contributed by atoms with Crippen LogP contribution in [0.2, 0.25) is 0 Å². The highest BCUT2D eigenvalue weighted by atomic mass is 35.5. The van der Waals surface area contributed by atoms with Gasteiger partial charge in [-0.1, -0.05) is 13.8 Å². The Kier molecular flexibility index (Phi) is 7.40. The lowest BCUT2D eigenvalue weighted by molar-refractivity contribution is -0.122. The van der Waals surface area contributed by atoms with Crippen molar-refractivity contribution in [1.29, 1.82) is 0 Å². The Balaban J connectivity index is 0.00000324. The molecule has 0 aliphatic carbocycles. The van der Waals surface area contributed by atoms with E-state index in [1.807, 2.05) is 13.8 Å². The fraction of sp³-hybridized carbons (Fsp3) is 0.727. The van der Waals surface area contributed by atoms with Crippen LogP contribution in [0.3, 0.4) is 0 Å². The highest BCUT2D eigenvalue weighted by Gasteiger charge is 2.28. The normalized spacial score (nSPS) is 16.1. The van der Waals surface area contributed by atoms with Crippen molar-refractivity contribution >= 4 is 30.3 Å². The molecule has 0 bridgehead atoms. The molecule has 1 aliphatic rings. The van der Waals surface area contributed by atoms with Gasteiger partial charge < -0.3 is 16.0 Å². The third-order valence-electron chi connectivity index (χ3n) is 2.61. The van der Waals surface area contributed by atoms with Crippen molar-refractivity contribution < 1.29 is 14.4 Å². The minimum absolute atomic E-state index is 0. The minimum atomic E-state index is -0.525. The van der Waals surface area contributed by atoms with Crippen molar-refractivity contribution in [3.8, 4) is 0 Å². The van der Waals surface area contributed by atoms with E-state index in [4.69, 9.17) is 5.73 Å². The van der Waals surface area contributed by atoms with Crippen LogP contribution >= 0.6 is 12.4 Å². The first-order valence-corrected chi connectivity index (χ1v) is 6.00. The summed E-state index contributed by atoms with van der Waals surface area (Å²) >= 11 is 0. The van der Waals surface area contributed by atoms with Crippen LogP contribution in [0.15, 0.2) is 0 Å². The molecule has 0 spiro atoms. The van der Waals surface area contributed by atoms with Crippen molar-refractivity contribution in [2.24, 2.45) is 11.7 Å². The van der Waals surface area contributed by atoms with Crippen molar-refractivity contribution in [2.45, 2.75) is 26.3 Å². The number of nitrogens with two attached hydrogens (primary N) is 1. The minimum Gasteiger partial charge on any atom is -0.351 e. The summed E-state index contributed by atoms with van der Waals surface area (Å²) < 4.78 is 0. The van der Waals surface area contributed by atoms with E-state index in [-0.39, 0.29) is 43.4 Å². The zero-order valence-corrected chi connectivity index (χ0v) is 12.0. The Morgan fingerprint density at radius 3 is 2.53 bits per heavy atom. The molecule has 1 atom stereocenters. The molecule has 1 aliphatic heterocycles. The molecular weight excluding hydrogens is 272 g/mol. The van der Waals surface area contributed by atoms with E-state index in [1.165, 1.54) is 4.90 Å². The number of urea groups is 1. The van der Waals surface area contributed by atoms with E-state index in [0.717, 1.165) is 6.42 Å². The largest absolute Gasteiger partial charge is 0.351 e. The molecule has 0 aromatic rings. The Morgan fingerprint density at radius 2 is 2.11 bits per heavy atom. The molecule has 1 rings (SSSR count). The molecule has 7 nitrogen and oxygen atoms in total. The molecule has 1 heterocycles. The van der Waals surface area contributed by atoms with Gasteiger partial charge in [0.25, 0.3) is 0 Å². The summed E-state index contributed by atoms with van der Waals surface area (Å²) in [6, 6.07) is -0.623. The molecule has 0 aromatic carbocycles. The average Bonchev–Trinajstić information content (AvgIpc) is 2.55. The first-order valence-electron chi connectivity index (χ1n) is 6.00. The van der Waals surface area contributed by atoms with E-state index >= 15 is 0 Å². The lowest BCUT2D eigenvalue weighted by Crippen LogP contribution is -2.46. The maximum Gasteiger partial charge on any atom is 0.325 e. The zero-order chi connectivity index (χ0) is 13.7. The van der Waals surface area contributed by atoms with Crippen LogP contribution in [0.4, 0.5) is 4.79 Å². The molecule has 0 saturated carbocycles. The van der Waals surface area contributed by atoms with Crippen LogP contribution in [0.25, 0.3) is 0 Å². The number of halogens is 1. The molecule has 8 heteroatoms. The number of hydrogen-bond donors (Lipinski definition) is 3. The Labute approximate surface area is 118 Å². The van der Waals surface area contributed by atoms with Gasteiger partial charge in [-0.25, -0.2) is 4.79 Å². The highest BCUT2D eigenvalue weighted by molar-refractivity contribution is 6.03. The third-order valence-corrected chi connectivity index (χ3v) is 2.61. The molecule has 1 saturated heterocycles. The second-order valence-corrected chi connectivity index (χ2v) is 4.84. The van der Waals surface area contributed by atoms with Gasteiger partial charge in [-0.05, 0) is 12.3 Å². The Morgan fingerprint density at radius 1 is 1.47 bits per heavy atom. The van der Waals surface area contributed by atoms with Crippen molar-refractivity contribution in [3.63, 3.8) is 0 Å². The predicted molar refractivity (Wildman–Crippen MR) is 72.8 cm³/mol. The van der Waals surface area contributed by atoms with E-state index in [1.54, 1.807) is 0 Å². The van der Waals surface area contributed by atoms with E-state index < -0.39 is 6.03 Å². The summed E-state index contributed by atoms with van der Waals surface area (Å²) in [5.74, 6) is -0.253. The molecule has 110 valence electrons. The predicted octanol–water partition coefficient (Wildman–Crippen LogP) is -0.550. The topological polar surface area (TPSA) is 105 Å². The Hall–Kier alpha value is -1.34. The number of amides is 4. The number of imide groups is 1. The van der Waals surface area contributed by atoms with E-state index in [2.05, 4.69) is 10.6 Å². The van der Waals surface area contributed by atoms with Gasteiger partial charge in [-0.3, -0.25) is 14.9 Å². The number of nitrogens with zero attached hydrogens (tertiary/aromatic N) is 1. The average molecular weight is 293 g/mol. The molecule has 0 aromatic heterocycles. The van der Waals surface area contributed by atoms with Gasteiger partial charge in [0, 0.05) is 12.6 Å². The summed E-state index contributed by atoms with van der Waals surface area (Å²) in [4.78, 5) is 35.1. The first kappa shape index (κ1) is 17.7. The maximum atomic E-state index is 11.7. The van der Waals surface area contributed by atoms with E-state index in [9.17, 15) is 14.4 Å². The van der Waals surface area contributed by atoms with Gasteiger partial charge in [0.15, 0.2) is 0 Å². The van der Waals surface area contributed by atoms with Crippen molar-refractivity contribution in [3.05, 3.63) is 0 Å². The van der Waals surface area contributed by atoms with Crippen LogP contribution in [-0.4, -0.2) is 48.4 Å². The fourth-order valence-corrected chi connectivity index (χ4v) is 1.84. The fourth-order valence-electron chi connectivity index (χ4n) is 1.84.